The summed E-state index contributed by atoms with van der Waals surface area (Å²) in [5.41, 5.74) is 8.28. The third-order valence-electron chi connectivity index (χ3n) is 4.11. The SMILES string of the molecule is CCc1cc(N)c(CC)c(S(=O)(=O)NC2CC2CC)c1. The summed E-state index contributed by atoms with van der Waals surface area (Å²) in [6.45, 7) is 6.02. The minimum absolute atomic E-state index is 0.0983. The molecule has 1 aromatic rings. The number of benzene rings is 1. The van der Waals surface area contributed by atoms with Crippen LogP contribution in [0.4, 0.5) is 5.69 Å². The van der Waals surface area contributed by atoms with Gasteiger partial charge in [0.1, 0.15) is 0 Å². The van der Waals surface area contributed by atoms with Crippen LogP contribution in [-0.2, 0) is 22.9 Å². The second kappa shape index (κ2) is 5.74. The molecule has 5 heteroatoms. The molecule has 0 radical (unpaired) electrons. The lowest BCUT2D eigenvalue weighted by molar-refractivity contribution is 0.574. The average molecular weight is 296 g/mol. The number of nitrogen functional groups attached to an aromatic ring is 1. The fraction of sp³-hybridized carbons (Fsp3) is 0.600. The van der Waals surface area contributed by atoms with Crippen LogP contribution >= 0.6 is 0 Å². The van der Waals surface area contributed by atoms with Gasteiger partial charge < -0.3 is 5.73 Å². The van der Waals surface area contributed by atoms with Gasteiger partial charge in [0.15, 0.2) is 0 Å². The van der Waals surface area contributed by atoms with Crippen molar-refractivity contribution >= 4 is 15.7 Å². The number of hydrogen-bond donors (Lipinski definition) is 2. The Morgan fingerprint density at radius 3 is 2.45 bits per heavy atom. The van der Waals surface area contributed by atoms with E-state index in [1.807, 2.05) is 19.9 Å². The minimum atomic E-state index is -3.47. The van der Waals surface area contributed by atoms with Gasteiger partial charge in [0.2, 0.25) is 10.0 Å². The first-order valence-electron chi connectivity index (χ1n) is 7.36. The maximum Gasteiger partial charge on any atom is 0.241 e. The monoisotopic (exact) mass is 296 g/mol. The lowest BCUT2D eigenvalue weighted by Gasteiger charge is -2.14. The van der Waals surface area contributed by atoms with E-state index in [-0.39, 0.29) is 6.04 Å². The van der Waals surface area contributed by atoms with Crippen molar-refractivity contribution in [1.82, 2.24) is 4.72 Å². The first-order valence-corrected chi connectivity index (χ1v) is 8.84. The van der Waals surface area contributed by atoms with Gasteiger partial charge in [0.05, 0.1) is 4.90 Å². The fourth-order valence-corrected chi connectivity index (χ4v) is 4.36. The van der Waals surface area contributed by atoms with Crippen molar-refractivity contribution in [1.29, 1.82) is 0 Å². The van der Waals surface area contributed by atoms with Gasteiger partial charge in [-0.1, -0.05) is 27.2 Å². The molecule has 0 saturated heterocycles. The van der Waals surface area contributed by atoms with E-state index in [9.17, 15) is 8.42 Å². The minimum Gasteiger partial charge on any atom is -0.398 e. The molecular weight excluding hydrogens is 272 g/mol. The van der Waals surface area contributed by atoms with Crippen LogP contribution in [0.25, 0.3) is 0 Å². The largest absolute Gasteiger partial charge is 0.398 e. The summed E-state index contributed by atoms with van der Waals surface area (Å²) in [5.74, 6) is 0.488. The second-order valence-corrected chi connectivity index (χ2v) is 7.18. The van der Waals surface area contributed by atoms with Crippen LogP contribution in [0.2, 0.25) is 0 Å². The normalized spacial score (nSPS) is 21.9. The number of nitrogens with one attached hydrogen (secondary N) is 1. The van der Waals surface area contributed by atoms with E-state index >= 15 is 0 Å². The fourth-order valence-electron chi connectivity index (χ4n) is 2.65. The summed E-state index contributed by atoms with van der Waals surface area (Å²) < 4.78 is 28.0. The van der Waals surface area contributed by atoms with E-state index in [1.54, 1.807) is 6.07 Å². The first-order chi connectivity index (χ1) is 9.42. The zero-order valence-corrected chi connectivity index (χ0v) is 13.3. The Bertz CT molecular complexity index is 596. The molecule has 0 aromatic heterocycles. The summed E-state index contributed by atoms with van der Waals surface area (Å²) in [7, 11) is -3.47. The van der Waals surface area contributed by atoms with Crippen LogP contribution in [0.15, 0.2) is 17.0 Å². The quantitative estimate of drug-likeness (QED) is 0.792. The molecule has 4 nitrogen and oxygen atoms in total. The lowest BCUT2D eigenvalue weighted by Crippen LogP contribution is -2.28. The van der Waals surface area contributed by atoms with E-state index in [1.165, 1.54) is 0 Å². The lowest BCUT2D eigenvalue weighted by atomic mass is 10.1. The molecule has 1 aliphatic carbocycles. The summed E-state index contributed by atoms with van der Waals surface area (Å²) in [5, 5.41) is 0. The zero-order valence-electron chi connectivity index (χ0n) is 12.4. The highest BCUT2D eigenvalue weighted by atomic mass is 32.2. The molecule has 2 rings (SSSR count). The van der Waals surface area contributed by atoms with Gasteiger partial charge in [-0.05, 0) is 48.4 Å². The summed E-state index contributed by atoms with van der Waals surface area (Å²) in [6.07, 6.45) is 3.36. The summed E-state index contributed by atoms with van der Waals surface area (Å²) in [4.78, 5) is 0.360. The third-order valence-corrected chi connectivity index (χ3v) is 5.66. The Kier molecular flexibility index (Phi) is 4.39. The smallest absolute Gasteiger partial charge is 0.241 e. The van der Waals surface area contributed by atoms with Gasteiger partial charge in [-0.25, -0.2) is 13.1 Å². The van der Waals surface area contributed by atoms with Crippen LogP contribution < -0.4 is 10.5 Å². The highest BCUT2D eigenvalue weighted by Gasteiger charge is 2.39. The molecule has 2 unspecified atom stereocenters. The van der Waals surface area contributed by atoms with Crippen LogP contribution in [-0.4, -0.2) is 14.5 Å². The van der Waals surface area contributed by atoms with Crippen molar-refractivity contribution in [3.8, 4) is 0 Å². The number of aryl methyl sites for hydroxylation is 1. The number of hydrogen-bond acceptors (Lipinski definition) is 3. The Balaban J connectivity index is 2.37. The summed E-state index contributed by atoms with van der Waals surface area (Å²) in [6, 6.07) is 3.74. The maximum absolute atomic E-state index is 12.6. The van der Waals surface area contributed by atoms with Crippen LogP contribution in [0, 0.1) is 5.92 Å². The van der Waals surface area contributed by atoms with E-state index in [0.29, 0.717) is 22.9 Å². The van der Waals surface area contributed by atoms with Gasteiger partial charge in [-0.3, -0.25) is 0 Å². The molecule has 1 aromatic carbocycles. The van der Waals surface area contributed by atoms with Gasteiger partial charge in [-0.15, -0.1) is 0 Å². The molecular formula is C15H24N2O2S. The molecule has 20 heavy (non-hydrogen) atoms. The third kappa shape index (κ3) is 2.99. The second-order valence-electron chi connectivity index (χ2n) is 5.50. The Hall–Kier alpha value is -1.07. The highest BCUT2D eigenvalue weighted by molar-refractivity contribution is 7.89. The molecule has 1 fully saturated rings. The zero-order chi connectivity index (χ0) is 14.9. The molecule has 0 amide bonds. The van der Waals surface area contributed by atoms with Crippen LogP contribution in [0.3, 0.4) is 0 Å². The molecule has 1 aliphatic rings. The molecule has 0 bridgehead atoms. The number of rotatable bonds is 6. The predicted molar refractivity (Wildman–Crippen MR) is 82.1 cm³/mol. The van der Waals surface area contributed by atoms with E-state index in [2.05, 4.69) is 11.6 Å². The van der Waals surface area contributed by atoms with Crippen molar-refractivity contribution < 1.29 is 8.42 Å². The maximum atomic E-state index is 12.6. The van der Waals surface area contributed by atoms with Crippen molar-refractivity contribution in [2.24, 2.45) is 5.92 Å². The topological polar surface area (TPSA) is 72.2 Å². The average Bonchev–Trinajstić information content (AvgIpc) is 3.15. The first kappa shape index (κ1) is 15.3. The van der Waals surface area contributed by atoms with Crippen molar-refractivity contribution in [2.75, 3.05) is 5.73 Å². The number of nitrogens with two attached hydrogens (primary N) is 1. The van der Waals surface area contributed by atoms with E-state index < -0.39 is 10.0 Å². The van der Waals surface area contributed by atoms with Gasteiger partial charge in [0, 0.05) is 11.7 Å². The van der Waals surface area contributed by atoms with Gasteiger partial charge in [-0.2, -0.15) is 0 Å². The van der Waals surface area contributed by atoms with Crippen molar-refractivity contribution in [3.05, 3.63) is 23.3 Å². The predicted octanol–water partition coefficient (Wildman–Crippen LogP) is 2.47. The number of sulfonamides is 1. The Morgan fingerprint density at radius 2 is 1.95 bits per heavy atom. The van der Waals surface area contributed by atoms with Crippen molar-refractivity contribution in [2.45, 2.75) is 57.4 Å². The molecule has 1 saturated carbocycles. The molecule has 0 aliphatic heterocycles. The summed E-state index contributed by atoms with van der Waals surface area (Å²) >= 11 is 0. The van der Waals surface area contributed by atoms with Crippen molar-refractivity contribution in [3.63, 3.8) is 0 Å². The van der Waals surface area contributed by atoms with Gasteiger partial charge in [0.25, 0.3) is 0 Å². The molecule has 0 heterocycles. The standard InChI is InChI=1S/C15H24N2O2S/c1-4-10-7-13(16)12(6-3)15(8-10)20(18,19)17-14-9-11(14)5-2/h7-8,11,14,17H,4-6,9,16H2,1-3H3. The molecule has 3 N–H and O–H groups in total. The van der Waals surface area contributed by atoms with Gasteiger partial charge >= 0.3 is 0 Å². The highest BCUT2D eigenvalue weighted by Crippen LogP contribution is 2.35. The van der Waals surface area contributed by atoms with Crippen LogP contribution in [0.1, 0.15) is 44.7 Å². The Morgan fingerprint density at radius 1 is 1.25 bits per heavy atom. The van der Waals surface area contributed by atoms with Crippen LogP contribution in [0.5, 0.6) is 0 Å². The molecule has 112 valence electrons. The number of anilines is 1. The Labute approximate surface area is 121 Å². The molecule has 2 atom stereocenters. The molecule has 0 spiro atoms. The van der Waals surface area contributed by atoms with E-state index in [4.69, 9.17) is 5.73 Å². The van der Waals surface area contributed by atoms with E-state index in [0.717, 1.165) is 30.4 Å².